The second kappa shape index (κ2) is 20.6. The van der Waals surface area contributed by atoms with E-state index in [1.54, 1.807) is 4.90 Å². The minimum Gasteiger partial charge on any atom is -0.444 e. The van der Waals surface area contributed by atoms with Crippen LogP contribution in [0.1, 0.15) is 77.0 Å². The van der Waals surface area contributed by atoms with Crippen LogP contribution in [0.3, 0.4) is 0 Å². The first-order valence-corrected chi connectivity index (χ1v) is 14.4. The summed E-state index contributed by atoms with van der Waals surface area (Å²) in [6.45, 7) is 15.5. The lowest BCUT2D eigenvalue weighted by Gasteiger charge is -2.33. The first kappa shape index (κ1) is 37.7. The number of rotatable bonds is 11. The van der Waals surface area contributed by atoms with Gasteiger partial charge >= 0.3 is 6.09 Å². The van der Waals surface area contributed by atoms with Crippen LogP contribution in [-0.4, -0.2) is 97.6 Å². The summed E-state index contributed by atoms with van der Waals surface area (Å²) in [6.07, 6.45) is 4.77. The number of ether oxygens (including phenoxy) is 1. The lowest BCUT2D eigenvalue weighted by atomic mass is 9.97. The number of benzene rings is 1. The normalized spacial score (nSPS) is 13.8. The third-order valence-electron chi connectivity index (χ3n) is 6.18. The van der Waals surface area contributed by atoms with Gasteiger partial charge in [0.05, 0.1) is 0 Å². The van der Waals surface area contributed by atoms with Crippen molar-refractivity contribution in [1.82, 2.24) is 20.0 Å². The molecule has 232 valence electrons. The van der Waals surface area contributed by atoms with Gasteiger partial charge in [0.1, 0.15) is 24.2 Å². The maximum absolute atomic E-state index is 12.1. The van der Waals surface area contributed by atoms with E-state index in [0.717, 1.165) is 55.4 Å². The molecule has 10 nitrogen and oxygen atoms in total. The molecule has 41 heavy (non-hydrogen) atoms. The number of nitrogens with zero attached hydrogens (tertiary/aromatic N) is 3. The average molecular weight is 577 g/mol. The minimum absolute atomic E-state index is 0.189. The lowest BCUT2D eigenvalue weighted by Crippen LogP contribution is -2.48. The van der Waals surface area contributed by atoms with Gasteiger partial charge in [-0.15, -0.1) is 0 Å². The number of hydrogen-bond acceptors (Lipinski definition) is 7. The van der Waals surface area contributed by atoms with Gasteiger partial charge in [0, 0.05) is 52.6 Å². The molecule has 1 fully saturated rings. The molecule has 3 amide bonds. The predicted octanol–water partition coefficient (Wildman–Crippen LogP) is 3.76. The van der Waals surface area contributed by atoms with Gasteiger partial charge in [-0.25, -0.2) is 4.79 Å². The van der Waals surface area contributed by atoms with E-state index in [2.05, 4.69) is 31.1 Å². The Bertz CT molecular complexity index is 939. The van der Waals surface area contributed by atoms with Gasteiger partial charge in [-0.3, -0.25) is 9.59 Å². The molecule has 0 aliphatic carbocycles. The molecule has 1 aromatic carbocycles. The second-order valence-corrected chi connectivity index (χ2v) is 11.0. The molecule has 1 aliphatic heterocycles. The molecule has 1 aromatic rings. The van der Waals surface area contributed by atoms with E-state index < -0.39 is 6.04 Å². The van der Waals surface area contributed by atoms with Crippen molar-refractivity contribution in [1.29, 1.82) is 0 Å². The second-order valence-electron chi connectivity index (χ2n) is 11.0. The summed E-state index contributed by atoms with van der Waals surface area (Å²) in [5.74, 6) is -0.299. The number of piperazine rings is 1. The van der Waals surface area contributed by atoms with Gasteiger partial charge in [0.25, 0.3) is 0 Å². The number of nitrogens with one attached hydrogen (secondary N) is 1. The Balaban J connectivity index is 0.000000793. The van der Waals surface area contributed by atoms with Crippen LogP contribution in [0, 0.1) is 6.92 Å². The third kappa shape index (κ3) is 15.3. The Hall–Kier alpha value is -3.27. The average Bonchev–Trinajstić information content (AvgIpc) is 2.92. The Morgan fingerprint density at radius 1 is 1.05 bits per heavy atom. The molecule has 1 heterocycles. The first-order chi connectivity index (χ1) is 19.4. The quantitative estimate of drug-likeness (QED) is 0.399. The number of amides is 3. The fraction of sp³-hybridized carbons (Fsp3) is 0.645. The van der Waals surface area contributed by atoms with E-state index in [1.807, 2.05) is 45.9 Å². The molecule has 10 heteroatoms. The molecule has 0 saturated carbocycles. The fourth-order valence-electron chi connectivity index (χ4n) is 4.00. The van der Waals surface area contributed by atoms with Gasteiger partial charge in [-0.05, 0) is 64.3 Å². The van der Waals surface area contributed by atoms with Crippen LogP contribution in [0.25, 0.3) is 0 Å². The molecule has 1 saturated heterocycles. The van der Waals surface area contributed by atoms with Crippen molar-refractivity contribution in [3.8, 4) is 0 Å². The molecule has 0 radical (unpaired) electrons. The van der Waals surface area contributed by atoms with E-state index >= 15 is 0 Å². The van der Waals surface area contributed by atoms with Crippen molar-refractivity contribution >= 4 is 31.0 Å². The Labute approximate surface area is 246 Å². The summed E-state index contributed by atoms with van der Waals surface area (Å²) >= 11 is 0. The maximum Gasteiger partial charge on any atom is 0.410 e. The van der Waals surface area contributed by atoms with Crippen molar-refractivity contribution in [3.63, 3.8) is 0 Å². The van der Waals surface area contributed by atoms with Gasteiger partial charge in [-0.1, -0.05) is 38.5 Å². The van der Waals surface area contributed by atoms with E-state index in [9.17, 15) is 24.0 Å². The zero-order valence-corrected chi connectivity index (χ0v) is 26.4. The number of aryl methyl sites for hydroxylation is 2. The highest BCUT2D eigenvalue weighted by Crippen LogP contribution is 2.20. The Morgan fingerprint density at radius 3 is 2.12 bits per heavy atom. The SMILES string of the molecule is CCC.CN1CCN(C(=O)OC(C)(C)C)CC1.CNC(=O)C(CCC=O)N(C=O)Cc1c(C)cccc1CCC=O. The van der Waals surface area contributed by atoms with Crippen LogP contribution in [-0.2, 0) is 36.9 Å². The summed E-state index contributed by atoms with van der Waals surface area (Å²) in [4.78, 5) is 61.9. The summed E-state index contributed by atoms with van der Waals surface area (Å²) in [5, 5.41) is 2.54. The number of likely N-dealkylation sites (N-methyl/N-ethyl adjacent to an activating group) is 2. The fourth-order valence-corrected chi connectivity index (χ4v) is 4.00. The van der Waals surface area contributed by atoms with Crippen LogP contribution in [0.15, 0.2) is 18.2 Å². The smallest absolute Gasteiger partial charge is 0.410 e. The molecule has 0 aromatic heterocycles. The monoisotopic (exact) mass is 576 g/mol. The topological polar surface area (TPSA) is 116 Å². The summed E-state index contributed by atoms with van der Waals surface area (Å²) in [7, 11) is 3.56. The first-order valence-electron chi connectivity index (χ1n) is 14.4. The highest BCUT2D eigenvalue weighted by atomic mass is 16.6. The van der Waals surface area contributed by atoms with Gasteiger partial charge < -0.3 is 34.3 Å². The largest absolute Gasteiger partial charge is 0.444 e. The van der Waals surface area contributed by atoms with Crippen molar-refractivity contribution in [3.05, 3.63) is 34.9 Å². The number of hydrogen-bond donors (Lipinski definition) is 1. The zero-order valence-electron chi connectivity index (χ0n) is 26.4. The third-order valence-corrected chi connectivity index (χ3v) is 6.18. The molecular weight excluding hydrogens is 524 g/mol. The van der Waals surface area contributed by atoms with E-state index in [1.165, 1.54) is 18.4 Å². The van der Waals surface area contributed by atoms with E-state index in [-0.39, 0.29) is 37.0 Å². The molecule has 2 rings (SSSR count). The number of carbonyl (C=O) groups is 5. The standard InChI is InChI=1S/C18H24N2O4.C10H20N2O2.C3H8/c1-14-6-3-7-15(8-4-10-21)16(14)12-20(13-23)17(9-5-11-22)18(24)19-2;1-10(2,3)14-9(13)12-7-5-11(4)6-8-12;1-3-2/h3,6-7,10-11,13,17H,4-5,8-9,12H2,1-2H3,(H,19,24);5-8H2,1-4H3;3H2,1-2H3. The van der Waals surface area contributed by atoms with Gasteiger partial charge in [0.2, 0.25) is 12.3 Å². The maximum atomic E-state index is 12.1. The molecule has 1 atom stereocenters. The molecule has 1 N–H and O–H groups in total. The molecule has 1 aliphatic rings. The number of aldehydes is 2. The molecule has 1 unspecified atom stereocenters. The highest BCUT2D eigenvalue weighted by Gasteiger charge is 2.26. The lowest BCUT2D eigenvalue weighted by molar-refractivity contribution is -0.133. The van der Waals surface area contributed by atoms with E-state index in [4.69, 9.17) is 4.74 Å². The van der Waals surface area contributed by atoms with Crippen LogP contribution < -0.4 is 5.32 Å². The minimum atomic E-state index is -0.698. The van der Waals surface area contributed by atoms with Crippen molar-refractivity contribution in [2.24, 2.45) is 0 Å². The van der Waals surface area contributed by atoms with Crippen molar-refractivity contribution < 1.29 is 28.7 Å². The number of carbonyl (C=O) groups excluding carboxylic acids is 5. The van der Waals surface area contributed by atoms with Gasteiger partial charge in [0.15, 0.2) is 0 Å². The van der Waals surface area contributed by atoms with Crippen molar-refractivity contribution in [2.75, 3.05) is 40.3 Å². The van der Waals surface area contributed by atoms with Crippen LogP contribution in [0.4, 0.5) is 4.79 Å². The van der Waals surface area contributed by atoms with E-state index in [0.29, 0.717) is 19.3 Å². The van der Waals surface area contributed by atoms with Crippen molar-refractivity contribution in [2.45, 2.75) is 91.8 Å². The Kier molecular flexibility index (Phi) is 18.9. The Morgan fingerprint density at radius 2 is 1.63 bits per heavy atom. The summed E-state index contributed by atoms with van der Waals surface area (Å²) < 4.78 is 5.28. The molecular formula is C31H52N4O6. The van der Waals surface area contributed by atoms with Crippen LogP contribution in [0.2, 0.25) is 0 Å². The summed E-state index contributed by atoms with van der Waals surface area (Å²) in [6, 6.07) is 5.07. The van der Waals surface area contributed by atoms with Crippen LogP contribution >= 0.6 is 0 Å². The molecule has 0 bridgehead atoms. The van der Waals surface area contributed by atoms with Crippen LogP contribution in [0.5, 0.6) is 0 Å². The molecule has 0 spiro atoms. The summed E-state index contributed by atoms with van der Waals surface area (Å²) in [5.41, 5.74) is 2.53. The highest BCUT2D eigenvalue weighted by molar-refractivity contribution is 5.83. The predicted molar refractivity (Wildman–Crippen MR) is 162 cm³/mol. The van der Waals surface area contributed by atoms with Gasteiger partial charge in [-0.2, -0.15) is 0 Å². The zero-order chi connectivity index (χ0) is 31.4.